The minimum atomic E-state index is -0.235. The first-order valence-electron chi connectivity index (χ1n) is 13.2. The maximum atomic E-state index is 9.66. The van der Waals surface area contributed by atoms with Crippen molar-refractivity contribution in [1.29, 1.82) is 5.26 Å². The first kappa shape index (κ1) is 24.9. The number of piperidine rings is 1. The maximum Gasteiger partial charge on any atom is 0.190 e. The molecule has 3 aliphatic heterocycles. The van der Waals surface area contributed by atoms with Crippen molar-refractivity contribution in [2.24, 2.45) is 11.8 Å². The molecule has 0 N–H and O–H groups in total. The molecule has 2 atom stereocenters. The summed E-state index contributed by atoms with van der Waals surface area (Å²) in [4.78, 5) is 14.6. The summed E-state index contributed by atoms with van der Waals surface area (Å²) >= 11 is 12.6. The highest BCUT2D eigenvalue weighted by Crippen LogP contribution is 2.36. The Morgan fingerprint density at radius 3 is 2.68 bits per heavy atom. The van der Waals surface area contributed by atoms with Crippen LogP contribution in [0.2, 0.25) is 10.0 Å². The molecule has 194 valence electrons. The number of hydrogen-bond donors (Lipinski definition) is 0. The van der Waals surface area contributed by atoms with E-state index < -0.39 is 0 Å². The molecule has 3 saturated heterocycles. The lowest BCUT2D eigenvalue weighted by Crippen LogP contribution is -2.55. The van der Waals surface area contributed by atoms with Crippen LogP contribution in [-0.2, 0) is 4.74 Å². The topological polar surface area (TPSA) is 83.1 Å². The number of halogens is 2. The molecular formula is C27H31Cl2N7O. The summed E-state index contributed by atoms with van der Waals surface area (Å²) in [6.45, 7) is 8.19. The lowest BCUT2D eigenvalue weighted by atomic mass is 9.80. The fraction of sp³-hybridized carbons (Fsp3) is 0.556. The van der Waals surface area contributed by atoms with Gasteiger partial charge in [-0.05, 0) is 68.7 Å². The van der Waals surface area contributed by atoms with E-state index in [1.165, 1.54) is 25.9 Å². The van der Waals surface area contributed by atoms with Gasteiger partial charge in [-0.25, -0.2) is 14.6 Å². The van der Waals surface area contributed by atoms with Crippen molar-refractivity contribution in [2.45, 2.75) is 44.7 Å². The highest BCUT2D eigenvalue weighted by Gasteiger charge is 2.38. The first-order chi connectivity index (χ1) is 18.0. The van der Waals surface area contributed by atoms with Crippen LogP contribution in [0.25, 0.3) is 11.2 Å². The van der Waals surface area contributed by atoms with E-state index in [1.54, 1.807) is 16.9 Å². The van der Waals surface area contributed by atoms with Crippen molar-refractivity contribution < 1.29 is 4.74 Å². The Morgan fingerprint density at radius 2 is 1.92 bits per heavy atom. The van der Waals surface area contributed by atoms with Gasteiger partial charge in [-0.1, -0.05) is 29.3 Å². The van der Waals surface area contributed by atoms with Gasteiger partial charge in [0.05, 0.1) is 12.2 Å². The van der Waals surface area contributed by atoms with Gasteiger partial charge in [0, 0.05) is 48.9 Å². The third-order valence-corrected chi connectivity index (χ3v) is 8.94. The van der Waals surface area contributed by atoms with Crippen molar-refractivity contribution >= 4 is 40.2 Å². The molecule has 3 aliphatic rings. The van der Waals surface area contributed by atoms with Gasteiger partial charge >= 0.3 is 0 Å². The third kappa shape index (κ3) is 4.79. The Kier molecular flexibility index (Phi) is 6.97. The van der Waals surface area contributed by atoms with E-state index in [0.29, 0.717) is 33.2 Å². The highest BCUT2D eigenvalue weighted by molar-refractivity contribution is 6.35. The average Bonchev–Trinajstić information content (AvgIpc) is 3.26. The zero-order valence-electron chi connectivity index (χ0n) is 21.0. The van der Waals surface area contributed by atoms with Crippen molar-refractivity contribution in [3.63, 3.8) is 0 Å². The van der Waals surface area contributed by atoms with Crippen LogP contribution < -0.4 is 4.90 Å². The molecule has 1 aromatic carbocycles. The molecule has 8 nitrogen and oxygen atoms in total. The summed E-state index contributed by atoms with van der Waals surface area (Å²) in [7, 11) is 0. The summed E-state index contributed by atoms with van der Waals surface area (Å²) in [5, 5.41) is 15.3. The zero-order valence-corrected chi connectivity index (χ0v) is 22.5. The highest BCUT2D eigenvalue weighted by atomic mass is 35.5. The van der Waals surface area contributed by atoms with Gasteiger partial charge in [0.15, 0.2) is 11.3 Å². The number of nitrogens with zero attached hydrogens (tertiary/aromatic N) is 7. The number of aromatic nitrogens is 4. The number of fused-ring (bicyclic) bond motifs is 1. The minimum Gasteiger partial charge on any atom is -0.381 e. The molecule has 1 unspecified atom stereocenters. The summed E-state index contributed by atoms with van der Waals surface area (Å²) in [6, 6.07) is 8.03. The third-order valence-electron chi connectivity index (χ3n) is 8.37. The lowest BCUT2D eigenvalue weighted by molar-refractivity contribution is 0.00872. The molecule has 3 aromatic rings. The van der Waals surface area contributed by atoms with Gasteiger partial charge in [-0.15, -0.1) is 0 Å². The normalized spacial score (nSPS) is 22.6. The number of ether oxygens (including phenoxy) is 1. The standard InChI is InChI=1S/C27H31Cl2N7O/c1-17(22-5-4-20(28)11-23(22)29)36-27-26(24(12-30)33-36)31-13-25(32-27)35-15-19(16-35)18-3-2-8-34(14-18)21-6-9-37-10-7-21/h4-5,11,13,17-19,21H,2-3,6-10,14-16H2,1H3/t17?,18-/m0/s1. The second-order valence-corrected chi connectivity index (χ2v) is 11.4. The molecule has 2 aromatic heterocycles. The van der Waals surface area contributed by atoms with Crippen LogP contribution in [0.3, 0.4) is 0 Å². The number of nitriles is 1. The molecule has 6 rings (SSSR count). The van der Waals surface area contributed by atoms with Crippen molar-refractivity contribution in [3.8, 4) is 6.07 Å². The minimum absolute atomic E-state index is 0.235. The quantitative estimate of drug-likeness (QED) is 0.453. The summed E-state index contributed by atoms with van der Waals surface area (Å²) < 4.78 is 7.33. The van der Waals surface area contributed by atoms with Crippen LogP contribution in [0.1, 0.15) is 49.9 Å². The Balaban J connectivity index is 1.19. The van der Waals surface area contributed by atoms with E-state index in [2.05, 4.69) is 26.0 Å². The van der Waals surface area contributed by atoms with Crippen LogP contribution >= 0.6 is 23.2 Å². The van der Waals surface area contributed by atoms with Gasteiger partial charge in [-0.3, -0.25) is 4.90 Å². The van der Waals surface area contributed by atoms with E-state index in [0.717, 1.165) is 56.4 Å². The van der Waals surface area contributed by atoms with E-state index in [9.17, 15) is 5.26 Å². The van der Waals surface area contributed by atoms with Gasteiger partial charge in [0.25, 0.3) is 0 Å². The summed E-state index contributed by atoms with van der Waals surface area (Å²) in [5.41, 5.74) is 2.24. The average molecular weight is 540 g/mol. The maximum absolute atomic E-state index is 9.66. The number of anilines is 1. The van der Waals surface area contributed by atoms with E-state index in [4.69, 9.17) is 32.9 Å². The van der Waals surface area contributed by atoms with Crippen LogP contribution in [0, 0.1) is 23.2 Å². The molecule has 3 fully saturated rings. The van der Waals surface area contributed by atoms with Crippen molar-refractivity contribution in [1.82, 2.24) is 24.6 Å². The first-order valence-corrected chi connectivity index (χ1v) is 13.9. The van der Waals surface area contributed by atoms with E-state index in [-0.39, 0.29) is 11.7 Å². The molecule has 10 heteroatoms. The molecule has 0 spiro atoms. The van der Waals surface area contributed by atoms with Crippen molar-refractivity contribution in [3.05, 3.63) is 45.7 Å². The Labute approximate surface area is 227 Å². The summed E-state index contributed by atoms with van der Waals surface area (Å²) in [6.07, 6.45) is 6.70. The predicted molar refractivity (Wildman–Crippen MR) is 144 cm³/mol. The largest absolute Gasteiger partial charge is 0.381 e. The lowest BCUT2D eigenvalue weighted by Gasteiger charge is -2.48. The Morgan fingerprint density at radius 1 is 1.11 bits per heavy atom. The van der Waals surface area contributed by atoms with Crippen LogP contribution in [0.4, 0.5) is 5.82 Å². The fourth-order valence-corrected chi connectivity index (χ4v) is 6.74. The smallest absolute Gasteiger partial charge is 0.190 e. The molecular weight excluding hydrogens is 509 g/mol. The summed E-state index contributed by atoms with van der Waals surface area (Å²) in [5.74, 6) is 2.24. The van der Waals surface area contributed by atoms with Gasteiger partial charge in [0.1, 0.15) is 17.4 Å². The van der Waals surface area contributed by atoms with E-state index in [1.807, 2.05) is 19.1 Å². The fourth-order valence-electron chi connectivity index (χ4n) is 6.17. The van der Waals surface area contributed by atoms with Crippen LogP contribution in [-0.4, -0.2) is 70.1 Å². The van der Waals surface area contributed by atoms with Crippen LogP contribution in [0.5, 0.6) is 0 Å². The Hall–Kier alpha value is -2.44. The predicted octanol–water partition coefficient (Wildman–Crippen LogP) is 4.94. The van der Waals surface area contributed by atoms with Gasteiger partial charge in [-0.2, -0.15) is 10.4 Å². The number of rotatable bonds is 5. The van der Waals surface area contributed by atoms with E-state index >= 15 is 0 Å². The molecule has 5 heterocycles. The molecule has 37 heavy (non-hydrogen) atoms. The van der Waals surface area contributed by atoms with Crippen LogP contribution in [0.15, 0.2) is 24.4 Å². The van der Waals surface area contributed by atoms with Gasteiger partial charge < -0.3 is 9.64 Å². The van der Waals surface area contributed by atoms with Crippen molar-refractivity contribution in [2.75, 3.05) is 44.3 Å². The number of benzene rings is 1. The Bertz CT molecular complexity index is 1330. The molecule has 0 radical (unpaired) electrons. The monoisotopic (exact) mass is 539 g/mol. The SMILES string of the molecule is CC(c1ccc(Cl)cc1Cl)n1nc(C#N)c2ncc(N3CC([C@H]4CCCN(C5CCOCC5)C4)C3)nc21. The molecule has 0 amide bonds. The number of hydrogen-bond acceptors (Lipinski definition) is 7. The number of likely N-dealkylation sites (tertiary alicyclic amines) is 1. The molecule has 0 bridgehead atoms. The molecule has 0 aliphatic carbocycles. The van der Waals surface area contributed by atoms with Gasteiger partial charge in [0.2, 0.25) is 0 Å². The second kappa shape index (κ2) is 10.4. The second-order valence-electron chi connectivity index (χ2n) is 10.6. The zero-order chi connectivity index (χ0) is 25.5. The molecule has 0 saturated carbocycles.